The molecule has 0 spiro atoms. The zero-order chi connectivity index (χ0) is 13.5. The van der Waals surface area contributed by atoms with Crippen molar-refractivity contribution in [1.29, 1.82) is 0 Å². The lowest BCUT2D eigenvalue weighted by atomic mass is 10.1. The van der Waals surface area contributed by atoms with Crippen molar-refractivity contribution in [1.82, 2.24) is 9.78 Å². The van der Waals surface area contributed by atoms with Crippen LogP contribution >= 0.6 is 11.8 Å². The zero-order valence-corrected chi connectivity index (χ0v) is 12.6. The molecule has 1 aliphatic carbocycles. The first-order valence-electron chi connectivity index (χ1n) is 6.82. The molecule has 19 heavy (non-hydrogen) atoms. The minimum Gasteiger partial charge on any atom is -0.241 e. The highest BCUT2D eigenvalue weighted by Crippen LogP contribution is 2.40. The normalized spacial score (nSPS) is 15.7. The highest BCUT2D eigenvalue weighted by atomic mass is 32.2. The predicted octanol–water partition coefficient (Wildman–Crippen LogP) is 4.35. The van der Waals surface area contributed by atoms with Gasteiger partial charge in [0, 0.05) is 6.20 Å². The molecule has 1 saturated carbocycles. The number of aromatic nitrogens is 2. The summed E-state index contributed by atoms with van der Waals surface area (Å²) in [7, 11) is 0. The smallest absolute Gasteiger partial charge is 0.0783 e. The minimum absolute atomic E-state index is 0.0688. The SMILES string of the molecule is CSC(C)(C)c1ccn(-c2cccc(C3CC3)c2)n1. The molecule has 0 N–H and O–H groups in total. The highest BCUT2D eigenvalue weighted by molar-refractivity contribution is 7.99. The van der Waals surface area contributed by atoms with Crippen LogP contribution < -0.4 is 0 Å². The summed E-state index contributed by atoms with van der Waals surface area (Å²) in [6.45, 7) is 4.43. The van der Waals surface area contributed by atoms with Crippen LogP contribution in [0.15, 0.2) is 36.5 Å². The van der Waals surface area contributed by atoms with E-state index in [0.29, 0.717) is 0 Å². The Morgan fingerprint density at radius 2 is 2.05 bits per heavy atom. The van der Waals surface area contributed by atoms with Gasteiger partial charge in [-0.3, -0.25) is 0 Å². The second kappa shape index (κ2) is 4.71. The number of thioether (sulfide) groups is 1. The number of nitrogens with zero attached hydrogens (tertiary/aromatic N) is 2. The van der Waals surface area contributed by atoms with E-state index in [9.17, 15) is 0 Å². The lowest BCUT2D eigenvalue weighted by Crippen LogP contribution is -2.12. The van der Waals surface area contributed by atoms with Crippen LogP contribution in [0.3, 0.4) is 0 Å². The Bertz CT molecular complexity index is 582. The third-order valence-electron chi connectivity index (χ3n) is 3.90. The van der Waals surface area contributed by atoms with E-state index >= 15 is 0 Å². The van der Waals surface area contributed by atoms with E-state index in [1.165, 1.54) is 24.1 Å². The third kappa shape index (κ3) is 2.57. The summed E-state index contributed by atoms with van der Waals surface area (Å²) in [5.41, 5.74) is 3.77. The summed E-state index contributed by atoms with van der Waals surface area (Å²) in [5, 5.41) is 4.74. The van der Waals surface area contributed by atoms with Crippen molar-refractivity contribution in [2.24, 2.45) is 0 Å². The van der Waals surface area contributed by atoms with Gasteiger partial charge in [0.25, 0.3) is 0 Å². The van der Waals surface area contributed by atoms with Gasteiger partial charge in [0.15, 0.2) is 0 Å². The first-order valence-corrected chi connectivity index (χ1v) is 8.04. The van der Waals surface area contributed by atoms with Gasteiger partial charge >= 0.3 is 0 Å². The van der Waals surface area contributed by atoms with E-state index in [1.54, 1.807) is 0 Å². The van der Waals surface area contributed by atoms with E-state index in [0.717, 1.165) is 11.6 Å². The van der Waals surface area contributed by atoms with Crippen LogP contribution in [0, 0.1) is 0 Å². The molecule has 100 valence electrons. The van der Waals surface area contributed by atoms with Gasteiger partial charge in [-0.2, -0.15) is 16.9 Å². The predicted molar refractivity (Wildman–Crippen MR) is 82.1 cm³/mol. The van der Waals surface area contributed by atoms with E-state index in [1.807, 2.05) is 16.4 Å². The average molecular weight is 272 g/mol. The molecule has 0 amide bonds. The molecule has 1 aromatic carbocycles. The molecule has 1 aromatic heterocycles. The summed E-state index contributed by atoms with van der Waals surface area (Å²) in [6, 6.07) is 10.9. The van der Waals surface area contributed by atoms with Crippen LogP contribution in [0.2, 0.25) is 0 Å². The Morgan fingerprint density at radius 1 is 1.26 bits per heavy atom. The van der Waals surface area contributed by atoms with Crippen LogP contribution in [-0.4, -0.2) is 16.0 Å². The first-order chi connectivity index (χ1) is 9.10. The highest BCUT2D eigenvalue weighted by Gasteiger charge is 2.24. The lowest BCUT2D eigenvalue weighted by Gasteiger charge is -2.18. The van der Waals surface area contributed by atoms with Crippen molar-refractivity contribution in [2.75, 3.05) is 6.26 Å². The average Bonchev–Trinajstić information content (AvgIpc) is 3.15. The largest absolute Gasteiger partial charge is 0.241 e. The molecule has 0 saturated heterocycles. The molecule has 3 heteroatoms. The summed E-state index contributed by atoms with van der Waals surface area (Å²) in [5.74, 6) is 0.789. The maximum Gasteiger partial charge on any atom is 0.0783 e. The van der Waals surface area contributed by atoms with Crippen molar-refractivity contribution < 1.29 is 0 Å². The molecule has 0 atom stereocenters. The second-order valence-corrected chi connectivity index (χ2v) is 7.16. The molecular formula is C16H20N2S. The third-order valence-corrected chi connectivity index (χ3v) is 5.13. The van der Waals surface area contributed by atoms with Crippen molar-refractivity contribution in [2.45, 2.75) is 37.4 Å². The van der Waals surface area contributed by atoms with Crippen molar-refractivity contribution in [3.05, 3.63) is 47.8 Å². The van der Waals surface area contributed by atoms with E-state index in [4.69, 9.17) is 5.10 Å². The Balaban J connectivity index is 1.92. The topological polar surface area (TPSA) is 17.8 Å². The molecule has 1 aliphatic rings. The molecule has 0 radical (unpaired) electrons. The van der Waals surface area contributed by atoms with Crippen LogP contribution in [0.5, 0.6) is 0 Å². The van der Waals surface area contributed by atoms with Crippen LogP contribution in [-0.2, 0) is 4.75 Å². The lowest BCUT2D eigenvalue weighted by molar-refractivity contribution is 0.717. The molecule has 1 heterocycles. The van der Waals surface area contributed by atoms with Crippen molar-refractivity contribution in [3.8, 4) is 5.69 Å². The molecule has 3 rings (SSSR count). The molecule has 2 aromatic rings. The van der Waals surface area contributed by atoms with Gasteiger partial charge < -0.3 is 0 Å². The Hall–Kier alpha value is -1.22. The van der Waals surface area contributed by atoms with Gasteiger partial charge in [0.1, 0.15) is 0 Å². The molecule has 0 aliphatic heterocycles. The summed E-state index contributed by atoms with van der Waals surface area (Å²) in [4.78, 5) is 0. The standard InChI is InChI=1S/C16H20N2S/c1-16(2,19-3)15-9-10-18(17-15)14-6-4-5-13(11-14)12-7-8-12/h4-6,9-12H,7-8H2,1-3H3. The van der Waals surface area contributed by atoms with E-state index < -0.39 is 0 Å². The van der Waals surface area contributed by atoms with Gasteiger partial charge in [0.05, 0.1) is 16.1 Å². The maximum absolute atomic E-state index is 4.74. The first kappa shape index (κ1) is 12.8. The fourth-order valence-electron chi connectivity index (χ4n) is 2.23. The number of hydrogen-bond donors (Lipinski definition) is 0. The van der Waals surface area contributed by atoms with Crippen LogP contribution in [0.25, 0.3) is 5.69 Å². The van der Waals surface area contributed by atoms with E-state index in [-0.39, 0.29) is 4.75 Å². The molecule has 0 bridgehead atoms. The number of benzene rings is 1. The Labute approximate surface area is 119 Å². The van der Waals surface area contributed by atoms with Crippen molar-refractivity contribution in [3.63, 3.8) is 0 Å². The zero-order valence-electron chi connectivity index (χ0n) is 11.8. The molecule has 0 unspecified atom stereocenters. The van der Waals surface area contributed by atoms with Gasteiger partial charge in [-0.05, 0) is 62.6 Å². The Morgan fingerprint density at radius 3 is 2.74 bits per heavy atom. The van der Waals surface area contributed by atoms with Crippen molar-refractivity contribution >= 4 is 11.8 Å². The monoisotopic (exact) mass is 272 g/mol. The molecule has 1 fully saturated rings. The quantitative estimate of drug-likeness (QED) is 0.823. The summed E-state index contributed by atoms with van der Waals surface area (Å²) < 4.78 is 2.07. The van der Waals surface area contributed by atoms with Gasteiger partial charge in [-0.15, -0.1) is 0 Å². The second-order valence-electron chi connectivity index (χ2n) is 5.73. The Kier molecular flexibility index (Phi) is 3.17. The van der Waals surface area contributed by atoms with Gasteiger partial charge in [0.2, 0.25) is 0 Å². The maximum atomic E-state index is 4.74. The number of rotatable bonds is 4. The van der Waals surface area contributed by atoms with E-state index in [2.05, 4.69) is 56.6 Å². The number of hydrogen-bond acceptors (Lipinski definition) is 2. The minimum atomic E-state index is 0.0688. The molecular weight excluding hydrogens is 252 g/mol. The van der Waals surface area contributed by atoms with Gasteiger partial charge in [-0.1, -0.05) is 12.1 Å². The van der Waals surface area contributed by atoms with Crippen LogP contribution in [0.4, 0.5) is 0 Å². The van der Waals surface area contributed by atoms with Crippen LogP contribution in [0.1, 0.15) is 43.9 Å². The summed E-state index contributed by atoms with van der Waals surface area (Å²) in [6.07, 6.45) is 6.88. The summed E-state index contributed by atoms with van der Waals surface area (Å²) >= 11 is 1.83. The fraction of sp³-hybridized carbons (Fsp3) is 0.438. The van der Waals surface area contributed by atoms with Gasteiger partial charge in [-0.25, -0.2) is 4.68 Å². The molecule has 2 nitrogen and oxygen atoms in total. The fourth-order valence-corrected chi connectivity index (χ4v) is 2.55.